The predicted molar refractivity (Wildman–Crippen MR) is 89.1 cm³/mol. The molecule has 0 aliphatic carbocycles. The molecule has 2 rings (SSSR count). The number of rotatable bonds is 5. The quantitative estimate of drug-likeness (QED) is 0.887. The Morgan fingerprint density at radius 2 is 1.95 bits per heavy atom. The fourth-order valence-electron chi connectivity index (χ4n) is 2.31. The van der Waals surface area contributed by atoms with Crippen LogP contribution in [0, 0.1) is 13.8 Å². The van der Waals surface area contributed by atoms with E-state index in [1.165, 1.54) is 16.7 Å². The summed E-state index contributed by atoms with van der Waals surface area (Å²) in [5, 5.41) is 0.714. The number of aryl methyl sites for hydroxylation is 2. The molecule has 0 heterocycles. The molecule has 0 amide bonds. The fraction of sp³-hybridized carbons (Fsp3) is 0.333. The number of hydrogen-bond acceptors (Lipinski definition) is 2. The molecule has 2 aromatic carbocycles. The Kier molecular flexibility index (Phi) is 5.27. The Hall–Kier alpha value is -1.51. The molecule has 0 aliphatic heterocycles. The zero-order valence-corrected chi connectivity index (χ0v) is 13.6. The average Bonchev–Trinajstić information content (AvgIpc) is 2.42. The van der Waals surface area contributed by atoms with Gasteiger partial charge in [-0.1, -0.05) is 41.4 Å². The highest BCUT2D eigenvalue weighted by Crippen LogP contribution is 2.28. The van der Waals surface area contributed by atoms with Gasteiger partial charge in [-0.3, -0.25) is 0 Å². The first-order chi connectivity index (χ1) is 9.97. The lowest BCUT2D eigenvalue weighted by atomic mass is 10.1. The molecule has 21 heavy (non-hydrogen) atoms. The molecular weight excluding hydrogens is 282 g/mol. The first-order valence-electron chi connectivity index (χ1n) is 7.19. The average molecular weight is 304 g/mol. The van der Waals surface area contributed by atoms with E-state index in [2.05, 4.69) is 32.0 Å². The van der Waals surface area contributed by atoms with Crippen molar-refractivity contribution in [3.8, 4) is 5.75 Å². The maximum atomic E-state index is 6.28. The van der Waals surface area contributed by atoms with E-state index in [0.717, 1.165) is 11.3 Å². The van der Waals surface area contributed by atoms with Crippen molar-refractivity contribution in [1.82, 2.24) is 0 Å². The Morgan fingerprint density at radius 3 is 2.67 bits per heavy atom. The second-order valence-corrected chi connectivity index (χ2v) is 6.02. The molecule has 0 radical (unpaired) electrons. The van der Waals surface area contributed by atoms with Gasteiger partial charge in [-0.15, -0.1) is 0 Å². The van der Waals surface area contributed by atoms with Crippen LogP contribution in [0.5, 0.6) is 5.75 Å². The smallest absolute Gasteiger partial charge is 0.124 e. The monoisotopic (exact) mass is 303 g/mol. The standard InChI is InChI=1S/C18H22ClNO/c1-12-7-8-13(2)15(9-12)11-21-18-6-4-5-17(19)16(18)10-14(3)20/h4-9,14H,10-11,20H2,1-3H3. The third kappa shape index (κ3) is 4.23. The minimum absolute atomic E-state index is 0.0490. The highest BCUT2D eigenvalue weighted by molar-refractivity contribution is 6.31. The Balaban J connectivity index is 2.20. The van der Waals surface area contributed by atoms with Crippen LogP contribution in [0.3, 0.4) is 0 Å². The van der Waals surface area contributed by atoms with Crippen LogP contribution in [-0.4, -0.2) is 6.04 Å². The Labute approximate surface area is 131 Å². The number of benzene rings is 2. The minimum atomic E-state index is 0.0490. The molecule has 0 fully saturated rings. The van der Waals surface area contributed by atoms with Crippen LogP contribution < -0.4 is 10.5 Å². The maximum absolute atomic E-state index is 6.28. The Morgan fingerprint density at radius 1 is 1.19 bits per heavy atom. The second-order valence-electron chi connectivity index (χ2n) is 5.62. The van der Waals surface area contributed by atoms with Crippen molar-refractivity contribution in [3.63, 3.8) is 0 Å². The van der Waals surface area contributed by atoms with Crippen molar-refractivity contribution >= 4 is 11.6 Å². The molecule has 0 bridgehead atoms. The third-order valence-corrected chi connectivity index (χ3v) is 3.84. The molecule has 0 spiro atoms. The molecule has 112 valence electrons. The molecule has 2 N–H and O–H groups in total. The minimum Gasteiger partial charge on any atom is -0.489 e. The summed E-state index contributed by atoms with van der Waals surface area (Å²) in [6.07, 6.45) is 0.710. The molecule has 0 aliphatic rings. The van der Waals surface area contributed by atoms with Gasteiger partial charge < -0.3 is 10.5 Å². The van der Waals surface area contributed by atoms with Gasteiger partial charge in [0.05, 0.1) is 0 Å². The zero-order chi connectivity index (χ0) is 15.4. The lowest BCUT2D eigenvalue weighted by molar-refractivity contribution is 0.301. The van der Waals surface area contributed by atoms with E-state index in [1.54, 1.807) is 0 Å². The van der Waals surface area contributed by atoms with Gasteiger partial charge in [-0.05, 0) is 50.5 Å². The molecule has 1 unspecified atom stereocenters. The number of nitrogens with two attached hydrogens (primary N) is 1. The summed E-state index contributed by atoms with van der Waals surface area (Å²) in [7, 11) is 0. The van der Waals surface area contributed by atoms with Crippen LogP contribution in [0.25, 0.3) is 0 Å². The zero-order valence-electron chi connectivity index (χ0n) is 12.8. The summed E-state index contributed by atoms with van der Waals surface area (Å²) in [5.74, 6) is 0.820. The van der Waals surface area contributed by atoms with Crippen LogP contribution in [0.15, 0.2) is 36.4 Å². The molecular formula is C18H22ClNO. The largest absolute Gasteiger partial charge is 0.489 e. The molecule has 0 saturated heterocycles. The van der Waals surface area contributed by atoms with Gasteiger partial charge in [0.25, 0.3) is 0 Å². The van der Waals surface area contributed by atoms with E-state index in [4.69, 9.17) is 22.1 Å². The summed E-state index contributed by atoms with van der Waals surface area (Å²) in [6.45, 7) is 6.69. The van der Waals surface area contributed by atoms with Crippen molar-refractivity contribution in [2.75, 3.05) is 0 Å². The topological polar surface area (TPSA) is 35.2 Å². The summed E-state index contributed by atoms with van der Waals surface area (Å²) >= 11 is 6.28. The van der Waals surface area contributed by atoms with Gasteiger partial charge in [0, 0.05) is 16.6 Å². The highest BCUT2D eigenvalue weighted by atomic mass is 35.5. The van der Waals surface area contributed by atoms with Crippen LogP contribution in [0.2, 0.25) is 5.02 Å². The molecule has 3 heteroatoms. The lowest BCUT2D eigenvalue weighted by Gasteiger charge is -2.15. The van der Waals surface area contributed by atoms with E-state index < -0.39 is 0 Å². The number of halogens is 1. The second kappa shape index (κ2) is 6.97. The SMILES string of the molecule is Cc1ccc(C)c(COc2cccc(Cl)c2CC(C)N)c1. The fourth-order valence-corrected chi connectivity index (χ4v) is 2.55. The van der Waals surface area contributed by atoms with Crippen molar-refractivity contribution < 1.29 is 4.74 Å². The highest BCUT2D eigenvalue weighted by Gasteiger charge is 2.11. The van der Waals surface area contributed by atoms with Gasteiger partial charge >= 0.3 is 0 Å². The Bertz CT molecular complexity index is 623. The van der Waals surface area contributed by atoms with Crippen molar-refractivity contribution in [1.29, 1.82) is 0 Å². The maximum Gasteiger partial charge on any atom is 0.124 e. The van der Waals surface area contributed by atoms with Gasteiger partial charge in [0.2, 0.25) is 0 Å². The van der Waals surface area contributed by atoms with Crippen molar-refractivity contribution in [2.24, 2.45) is 5.73 Å². The molecule has 0 aromatic heterocycles. The molecule has 2 nitrogen and oxygen atoms in total. The number of hydrogen-bond donors (Lipinski definition) is 1. The summed E-state index contributed by atoms with van der Waals surface area (Å²) < 4.78 is 6.00. The van der Waals surface area contributed by atoms with Gasteiger partial charge in [-0.2, -0.15) is 0 Å². The summed E-state index contributed by atoms with van der Waals surface area (Å²) in [4.78, 5) is 0. The van der Waals surface area contributed by atoms with E-state index in [0.29, 0.717) is 18.1 Å². The normalized spacial score (nSPS) is 12.2. The lowest BCUT2D eigenvalue weighted by Crippen LogP contribution is -2.18. The van der Waals surface area contributed by atoms with Crippen LogP contribution in [-0.2, 0) is 13.0 Å². The summed E-state index contributed by atoms with van der Waals surface area (Å²) in [6, 6.07) is 12.2. The first-order valence-corrected chi connectivity index (χ1v) is 7.57. The van der Waals surface area contributed by atoms with Crippen LogP contribution in [0.4, 0.5) is 0 Å². The van der Waals surface area contributed by atoms with E-state index in [9.17, 15) is 0 Å². The van der Waals surface area contributed by atoms with Gasteiger partial charge in [0.1, 0.15) is 12.4 Å². The van der Waals surface area contributed by atoms with E-state index in [1.807, 2.05) is 25.1 Å². The van der Waals surface area contributed by atoms with Gasteiger partial charge in [-0.25, -0.2) is 0 Å². The third-order valence-electron chi connectivity index (χ3n) is 3.49. The van der Waals surface area contributed by atoms with Crippen molar-refractivity contribution in [3.05, 3.63) is 63.7 Å². The molecule has 2 aromatic rings. The summed E-state index contributed by atoms with van der Waals surface area (Å²) in [5.41, 5.74) is 10.6. The van der Waals surface area contributed by atoms with E-state index in [-0.39, 0.29) is 6.04 Å². The predicted octanol–water partition coefficient (Wildman–Crippen LogP) is 4.43. The molecule has 0 saturated carbocycles. The molecule has 1 atom stereocenters. The van der Waals surface area contributed by atoms with E-state index >= 15 is 0 Å². The van der Waals surface area contributed by atoms with Gasteiger partial charge in [0.15, 0.2) is 0 Å². The van der Waals surface area contributed by atoms with Crippen LogP contribution >= 0.6 is 11.6 Å². The number of ether oxygens (including phenoxy) is 1. The first kappa shape index (κ1) is 15.9. The van der Waals surface area contributed by atoms with Crippen molar-refractivity contribution in [2.45, 2.75) is 39.8 Å². The van der Waals surface area contributed by atoms with Crippen LogP contribution in [0.1, 0.15) is 29.2 Å².